The lowest BCUT2D eigenvalue weighted by molar-refractivity contribution is 0.717. The highest BCUT2D eigenvalue weighted by Gasteiger charge is 2.18. The number of fused-ring (bicyclic) bond motifs is 3. The lowest BCUT2D eigenvalue weighted by atomic mass is 10.00. The molecule has 3 aromatic rings. The fourth-order valence-electron chi connectivity index (χ4n) is 3.75. The molecule has 0 saturated heterocycles. The molecule has 1 heteroatoms. The predicted molar refractivity (Wildman–Crippen MR) is 115 cm³/mol. The van der Waals surface area contributed by atoms with Gasteiger partial charge in [-0.2, -0.15) is 0 Å². The van der Waals surface area contributed by atoms with Crippen LogP contribution in [0.25, 0.3) is 11.1 Å². The van der Waals surface area contributed by atoms with E-state index in [2.05, 4.69) is 55.2 Å². The lowest BCUT2D eigenvalue weighted by Crippen LogP contribution is -1.88. The monoisotopic (exact) mass is 370 g/mol. The second-order valence-corrected chi connectivity index (χ2v) is 7.69. The molecule has 0 amide bonds. The van der Waals surface area contributed by atoms with Crippen molar-refractivity contribution in [1.82, 2.24) is 0 Å². The second-order valence-electron chi connectivity index (χ2n) is 7.25. The second kappa shape index (κ2) is 8.03. The van der Waals surface area contributed by atoms with E-state index >= 15 is 0 Å². The van der Waals surface area contributed by atoms with Gasteiger partial charge >= 0.3 is 0 Å². The highest BCUT2D eigenvalue weighted by molar-refractivity contribution is 6.30. The molecule has 27 heavy (non-hydrogen) atoms. The molecule has 0 nitrogen and oxygen atoms in total. The van der Waals surface area contributed by atoms with E-state index in [0.29, 0.717) is 0 Å². The van der Waals surface area contributed by atoms with Gasteiger partial charge in [-0.05, 0) is 83.5 Å². The molecule has 0 spiro atoms. The minimum Gasteiger partial charge on any atom is -0.0843 e. The van der Waals surface area contributed by atoms with Gasteiger partial charge in [0.1, 0.15) is 0 Å². The smallest absolute Gasteiger partial charge is 0.0406 e. The number of aryl methyl sites for hydroxylation is 1. The van der Waals surface area contributed by atoms with Gasteiger partial charge in [0.15, 0.2) is 0 Å². The Hall–Kier alpha value is -2.49. The van der Waals surface area contributed by atoms with Crippen LogP contribution >= 0.6 is 11.6 Å². The zero-order chi connectivity index (χ0) is 18.6. The number of rotatable bonds is 4. The number of benzene rings is 3. The number of hydrogen-bond donors (Lipinski definition) is 0. The Bertz CT molecular complexity index is 1020. The van der Waals surface area contributed by atoms with Crippen molar-refractivity contribution in [1.29, 1.82) is 0 Å². The van der Waals surface area contributed by atoms with Crippen LogP contribution in [0.3, 0.4) is 0 Å². The van der Waals surface area contributed by atoms with Crippen molar-refractivity contribution in [3.05, 3.63) is 93.5 Å². The molecular weight excluding hydrogens is 348 g/mol. The molecule has 4 rings (SSSR count). The van der Waals surface area contributed by atoms with Gasteiger partial charge in [-0.25, -0.2) is 0 Å². The van der Waals surface area contributed by atoms with E-state index in [9.17, 15) is 0 Å². The van der Waals surface area contributed by atoms with E-state index < -0.39 is 0 Å². The van der Waals surface area contributed by atoms with Crippen molar-refractivity contribution in [2.45, 2.75) is 39.0 Å². The van der Waals surface area contributed by atoms with Crippen LogP contribution in [-0.2, 0) is 12.8 Å². The maximum Gasteiger partial charge on any atom is 0.0406 e. The molecule has 0 radical (unpaired) electrons. The van der Waals surface area contributed by atoms with Gasteiger partial charge in [-0.1, -0.05) is 67.5 Å². The molecular formula is C26H23Cl. The summed E-state index contributed by atoms with van der Waals surface area (Å²) in [6, 6.07) is 21.3. The van der Waals surface area contributed by atoms with Crippen LogP contribution in [0.4, 0.5) is 0 Å². The summed E-state index contributed by atoms with van der Waals surface area (Å²) in [5.41, 5.74) is 9.13. The van der Waals surface area contributed by atoms with Crippen LogP contribution in [-0.4, -0.2) is 0 Å². The normalized spacial score (nSPS) is 11.5. The van der Waals surface area contributed by atoms with Gasteiger partial charge in [0.2, 0.25) is 0 Å². The van der Waals surface area contributed by atoms with Crippen molar-refractivity contribution in [3.8, 4) is 23.0 Å². The molecule has 3 aromatic carbocycles. The summed E-state index contributed by atoms with van der Waals surface area (Å²) in [6.45, 7) is 2.26. The van der Waals surface area contributed by atoms with Gasteiger partial charge in [0.05, 0.1) is 0 Å². The Kier molecular flexibility index (Phi) is 5.33. The summed E-state index contributed by atoms with van der Waals surface area (Å²) < 4.78 is 0. The van der Waals surface area contributed by atoms with Gasteiger partial charge in [0, 0.05) is 16.1 Å². The lowest BCUT2D eigenvalue weighted by Gasteiger charge is -2.05. The third kappa shape index (κ3) is 4.10. The quantitative estimate of drug-likeness (QED) is 0.267. The molecule has 0 saturated carbocycles. The topological polar surface area (TPSA) is 0 Å². The Morgan fingerprint density at radius 1 is 0.778 bits per heavy atom. The molecule has 0 bridgehead atoms. The zero-order valence-corrected chi connectivity index (χ0v) is 16.4. The van der Waals surface area contributed by atoms with Crippen molar-refractivity contribution >= 4 is 11.6 Å². The molecule has 134 valence electrons. The van der Waals surface area contributed by atoms with E-state index in [1.54, 1.807) is 0 Å². The third-order valence-electron chi connectivity index (χ3n) is 5.21. The average molecular weight is 371 g/mol. The summed E-state index contributed by atoms with van der Waals surface area (Å²) in [4.78, 5) is 0. The molecule has 1 aliphatic rings. The minimum absolute atomic E-state index is 0.741. The van der Waals surface area contributed by atoms with Crippen molar-refractivity contribution in [2.75, 3.05) is 0 Å². The molecule has 0 unspecified atom stereocenters. The Morgan fingerprint density at radius 2 is 1.44 bits per heavy atom. The maximum atomic E-state index is 5.94. The number of hydrogen-bond acceptors (Lipinski definition) is 0. The van der Waals surface area contributed by atoms with Gasteiger partial charge in [-0.15, -0.1) is 0 Å². The first-order chi connectivity index (χ1) is 13.2. The van der Waals surface area contributed by atoms with Gasteiger partial charge in [0.25, 0.3) is 0 Å². The van der Waals surface area contributed by atoms with Crippen LogP contribution in [0.15, 0.2) is 60.7 Å². The van der Waals surface area contributed by atoms with Crippen LogP contribution in [0.5, 0.6) is 0 Å². The van der Waals surface area contributed by atoms with Crippen LogP contribution < -0.4 is 0 Å². The fourth-order valence-corrected chi connectivity index (χ4v) is 3.88. The first-order valence-corrected chi connectivity index (χ1v) is 10.1. The first kappa shape index (κ1) is 17.9. The summed E-state index contributed by atoms with van der Waals surface area (Å²) >= 11 is 5.94. The molecule has 0 atom stereocenters. The Labute approximate surface area is 167 Å². The van der Waals surface area contributed by atoms with E-state index in [1.807, 2.05) is 24.3 Å². The summed E-state index contributed by atoms with van der Waals surface area (Å²) in [5, 5.41) is 0.741. The first-order valence-electron chi connectivity index (χ1n) is 9.75. The highest BCUT2D eigenvalue weighted by atomic mass is 35.5. The molecule has 1 aliphatic carbocycles. The van der Waals surface area contributed by atoms with Crippen molar-refractivity contribution < 1.29 is 0 Å². The summed E-state index contributed by atoms with van der Waals surface area (Å²) in [5.74, 6) is 6.52. The van der Waals surface area contributed by atoms with Crippen LogP contribution in [0.2, 0.25) is 5.02 Å². The van der Waals surface area contributed by atoms with E-state index in [-0.39, 0.29) is 0 Å². The SMILES string of the molecule is CCCCCc1ccc2c(c1)Cc1cc(C#Cc3ccc(Cl)cc3)ccc1-2. The number of halogens is 1. The molecule has 0 aromatic heterocycles. The molecule has 0 N–H and O–H groups in total. The Balaban J connectivity index is 1.54. The third-order valence-corrected chi connectivity index (χ3v) is 5.46. The zero-order valence-electron chi connectivity index (χ0n) is 15.7. The van der Waals surface area contributed by atoms with E-state index in [4.69, 9.17) is 11.6 Å². The standard InChI is InChI=1S/C26H23Cl/c1-2-3-4-5-20-10-14-25-22(16-20)18-23-17-21(11-15-26(23)25)7-6-19-8-12-24(27)13-9-19/h8-17H,2-5,18H2,1H3. The average Bonchev–Trinajstić information content (AvgIpc) is 3.04. The maximum absolute atomic E-state index is 5.94. The van der Waals surface area contributed by atoms with Crippen LogP contribution in [0, 0.1) is 11.8 Å². The van der Waals surface area contributed by atoms with E-state index in [0.717, 1.165) is 22.6 Å². The largest absolute Gasteiger partial charge is 0.0843 e. The predicted octanol–water partition coefficient (Wildman–Crippen LogP) is 7.04. The molecule has 0 aliphatic heterocycles. The Morgan fingerprint density at radius 3 is 2.22 bits per heavy atom. The fraction of sp³-hybridized carbons (Fsp3) is 0.231. The number of unbranched alkanes of at least 4 members (excludes halogenated alkanes) is 2. The van der Waals surface area contributed by atoms with Crippen LogP contribution in [0.1, 0.15) is 54.0 Å². The summed E-state index contributed by atoms with van der Waals surface area (Å²) in [6.07, 6.45) is 6.08. The van der Waals surface area contributed by atoms with Gasteiger partial charge in [-0.3, -0.25) is 0 Å². The minimum atomic E-state index is 0.741. The molecule has 0 heterocycles. The van der Waals surface area contributed by atoms with E-state index in [1.165, 1.54) is 53.5 Å². The summed E-state index contributed by atoms with van der Waals surface area (Å²) in [7, 11) is 0. The highest BCUT2D eigenvalue weighted by Crippen LogP contribution is 2.37. The van der Waals surface area contributed by atoms with Crippen molar-refractivity contribution in [2.24, 2.45) is 0 Å². The van der Waals surface area contributed by atoms with Crippen molar-refractivity contribution in [3.63, 3.8) is 0 Å². The van der Waals surface area contributed by atoms with Gasteiger partial charge < -0.3 is 0 Å². The molecule has 0 fully saturated rings.